The lowest BCUT2D eigenvalue weighted by Gasteiger charge is -2.12. The maximum absolute atomic E-state index is 12.4. The van der Waals surface area contributed by atoms with Crippen molar-refractivity contribution in [1.82, 2.24) is 20.4 Å². The fraction of sp³-hybridized carbons (Fsp3) is 0.158. The molecule has 0 amide bonds. The van der Waals surface area contributed by atoms with Gasteiger partial charge in [0.15, 0.2) is 0 Å². The van der Waals surface area contributed by atoms with Gasteiger partial charge < -0.3 is 14.6 Å². The number of aryl methyl sites for hydroxylation is 2. The van der Waals surface area contributed by atoms with Crippen LogP contribution in [0.15, 0.2) is 54.9 Å². The van der Waals surface area contributed by atoms with Gasteiger partial charge in [0.1, 0.15) is 11.5 Å². The zero-order chi connectivity index (χ0) is 19.1. The van der Waals surface area contributed by atoms with Gasteiger partial charge in [-0.25, -0.2) is 0 Å². The van der Waals surface area contributed by atoms with Crippen LogP contribution in [-0.4, -0.2) is 20.4 Å². The van der Waals surface area contributed by atoms with Gasteiger partial charge in [-0.2, -0.15) is 0 Å². The van der Waals surface area contributed by atoms with Gasteiger partial charge in [0.05, 0.1) is 17.0 Å². The molecule has 0 saturated heterocycles. The van der Waals surface area contributed by atoms with Crippen LogP contribution in [0.4, 0.5) is 0 Å². The zero-order valence-electron chi connectivity index (χ0n) is 14.6. The van der Waals surface area contributed by atoms with E-state index in [1.807, 2.05) is 30.3 Å². The molecule has 138 valence electrons. The number of aromatic nitrogens is 4. The number of hydrogen-bond acceptors (Lipinski definition) is 3. The van der Waals surface area contributed by atoms with E-state index in [0.717, 1.165) is 10.0 Å². The van der Waals surface area contributed by atoms with Crippen LogP contribution in [0.3, 0.4) is 0 Å². The van der Waals surface area contributed by atoms with Crippen molar-refractivity contribution >= 4 is 15.9 Å². The Kier molecular flexibility index (Phi) is 4.27. The van der Waals surface area contributed by atoms with Crippen molar-refractivity contribution in [2.45, 2.75) is 19.8 Å². The van der Waals surface area contributed by atoms with Crippen molar-refractivity contribution in [1.29, 1.82) is 0 Å². The van der Waals surface area contributed by atoms with E-state index in [1.165, 1.54) is 0 Å². The molecule has 0 aliphatic rings. The van der Waals surface area contributed by atoms with E-state index in [0.29, 0.717) is 34.0 Å². The molecule has 0 fully saturated rings. The van der Waals surface area contributed by atoms with Crippen LogP contribution >= 0.6 is 15.9 Å². The lowest BCUT2D eigenvalue weighted by Crippen LogP contribution is -2.19. The third kappa shape index (κ3) is 3.02. The largest absolute Gasteiger partial charge is 0.460 e. The topological polar surface area (TPSA) is 110 Å². The van der Waals surface area contributed by atoms with Crippen molar-refractivity contribution < 1.29 is 4.42 Å². The van der Waals surface area contributed by atoms with Crippen molar-refractivity contribution in [2.24, 2.45) is 0 Å². The number of H-pyrrole nitrogens is 4. The summed E-state index contributed by atoms with van der Waals surface area (Å²) >= 11 is 3.42. The van der Waals surface area contributed by atoms with Gasteiger partial charge in [-0.3, -0.25) is 19.8 Å². The number of rotatable bonds is 4. The summed E-state index contributed by atoms with van der Waals surface area (Å²) in [5, 5.41) is 10.8. The van der Waals surface area contributed by atoms with Gasteiger partial charge in [-0.05, 0) is 38.1 Å². The predicted molar refractivity (Wildman–Crippen MR) is 105 cm³/mol. The molecule has 0 atom stereocenters. The fourth-order valence-electron chi connectivity index (χ4n) is 3.31. The minimum atomic E-state index is -0.626. The van der Waals surface area contributed by atoms with Gasteiger partial charge >= 0.3 is 0 Å². The summed E-state index contributed by atoms with van der Waals surface area (Å²) in [5.74, 6) is 0.560. The van der Waals surface area contributed by atoms with E-state index in [4.69, 9.17) is 4.42 Å². The Morgan fingerprint density at radius 3 is 1.85 bits per heavy atom. The first kappa shape index (κ1) is 17.4. The maximum Gasteiger partial charge on any atom is 0.268 e. The average molecular weight is 429 g/mol. The molecule has 4 rings (SSSR count). The molecule has 8 heteroatoms. The van der Waals surface area contributed by atoms with Gasteiger partial charge in [0.2, 0.25) is 0 Å². The Morgan fingerprint density at radius 2 is 1.37 bits per heavy atom. The van der Waals surface area contributed by atoms with Crippen LogP contribution in [0.25, 0.3) is 11.3 Å². The van der Waals surface area contributed by atoms with Crippen molar-refractivity contribution in [2.75, 3.05) is 0 Å². The summed E-state index contributed by atoms with van der Waals surface area (Å²) < 4.78 is 7.06. The van der Waals surface area contributed by atoms with Crippen LogP contribution in [0.5, 0.6) is 0 Å². The number of benzene rings is 1. The highest BCUT2D eigenvalue weighted by Crippen LogP contribution is 2.34. The summed E-state index contributed by atoms with van der Waals surface area (Å²) in [6, 6.07) is 11.4. The molecule has 3 heterocycles. The zero-order valence-corrected chi connectivity index (χ0v) is 16.2. The van der Waals surface area contributed by atoms with Gasteiger partial charge in [-0.1, -0.05) is 28.1 Å². The quantitative estimate of drug-likeness (QED) is 0.398. The van der Waals surface area contributed by atoms with Crippen molar-refractivity contribution in [3.63, 3.8) is 0 Å². The second-order valence-corrected chi connectivity index (χ2v) is 7.29. The lowest BCUT2D eigenvalue weighted by atomic mass is 9.89. The molecule has 0 aliphatic heterocycles. The number of hydrogen-bond donors (Lipinski definition) is 4. The number of furan rings is 1. The Bertz CT molecular complexity index is 1150. The van der Waals surface area contributed by atoms with Crippen molar-refractivity contribution in [3.8, 4) is 11.3 Å². The first-order chi connectivity index (χ1) is 13.0. The summed E-state index contributed by atoms with van der Waals surface area (Å²) in [5.41, 5.74) is 2.58. The molecule has 0 spiro atoms. The molecule has 0 unspecified atom stereocenters. The second-order valence-electron chi connectivity index (χ2n) is 6.38. The normalized spacial score (nSPS) is 11.4. The molecule has 0 bridgehead atoms. The molecule has 0 radical (unpaired) electrons. The number of halogens is 1. The molecule has 4 aromatic rings. The van der Waals surface area contributed by atoms with E-state index in [2.05, 4.69) is 36.3 Å². The highest BCUT2D eigenvalue weighted by atomic mass is 79.9. The Balaban J connectivity index is 1.89. The van der Waals surface area contributed by atoms with Gasteiger partial charge in [-0.15, -0.1) is 0 Å². The van der Waals surface area contributed by atoms with E-state index < -0.39 is 5.92 Å². The van der Waals surface area contributed by atoms with Crippen LogP contribution in [0.1, 0.15) is 34.2 Å². The Hall–Kier alpha value is -3.00. The highest BCUT2D eigenvalue weighted by Gasteiger charge is 2.30. The van der Waals surface area contributed by atoms with Crippen LogP contribution < -0.4 is 11.1 Å². The lowest BCUT2D eigenvalue weighted by molar-refractivity contribution is 0.513. The second kappa shape index (κ2) is 6.62. The number of nitrogens with one attached hydrogen (secondary N) is 4. The van der Waals surface area contributed by atoms with Crippen molar-refractivity contribution in [3.05, 3.63) is 89.9 Å². The van der Waals surface area contributed by atoms with E-state index >= 15 is 0 Å². The summed E-state index contributed by atoms with van der Waals surface area (Å²) in [7, 11) is 0. The van der Waals surface area contributed by atoms with Gasteiger partial charge in [0.25, 0.3) is 11.1 Å². The van der Waals surface area contributed by atoms with Crippen LogP contribution in [-0.2, 0) is 0 Å². The summed E-state index contributed by atoms with van der Waals surface area (Å²) in [6.07, 6.45) is 0. The standard InChI is InChI=1S/C19H17BrN4O3/c1-9-15(18(25)23-21-9)17(16-10(2)22-24-19(16)26)14-8-7-13(27-14)11-3-5-12(20)6-4-11/h3-8,17H,1-2H3,(H2,21,23,25)(H2,22,24,26). The van der Waals surface area contributed by atoms with Crippen LogP contribution in [0.2, 0.25) is 0 Å². The molecule has 4 N–H and O–H groups in total. The maximum atomic E-state index is 12.4. The first-order valence-electron chi connectivity index (χ1n) is 8.35. The van der Waals surface area contributed by atoms with E-state index in [9.17, 15) is 9.59 Å². The van der Waals surface area contributed by atoms with Gasteiger partial charge in [0, 0.05) is 21.4 Å². The van der Waals surface area contributed by atoms with E-state index in [1.54, 1.807) is 19.9 Å². The summed E-state index contributed by atoms with van der Waals surface area (Å²) in [6.45, 7) is 3.57. The smallest absolute Gasteiger partial charge is 0.268 e. The van der Waals surface area contributed by atoms with E-state index in [-0.39, 0.29) is 11.1 Å². The molecular weight excluding hydrogens is 412 g/mol. The Morgan fingerprint density at radius 1 is 0.815 bits per heavy atom. The molecule has 1 aromatic carbocycles. The molecular formula is C19H17BrN4O3. The molecule has 0 aliphatic carbocycles. The minimum Gasteiger partial charge on any atom is -0.460 e. The minimum absolute atomic E-state index is 0.279. The molecule has 27 heavy (non-hydrogen) atoms. The summed E-state index contributed by atoms with van der Waals surface area (Å²) in [4.78, 5) is 24.9. The molecule has 3 aromatic heterocycles. The molecule has 0 saturated carbocycles. The average Bonchev–Trinajstić information content (AvgIpc) is 3.34. The third-order valence-electron chi connectivity index (χ3n) is 4.64. The first-order valence-corrected chi connectivity index (χ1v) is 9.15. The predicted octanol–water partition coefficient (Wildman–Crippen LogP) is 3.54. The number of aromatic amines is 4. The third-order valence-corrected chi connectivity index (χ3v) is 5.17. The monoisotopic (exact) mass is 428 g/mol. The van der Waals surface area contributed by atoms with Crippen LogP contribution in [0, 0.1) is 13.8 Å². The fourth-order valence-corrected chi connectivity index (χ4v) is 3.58. The highest BCUT2D eigenvalue weighted by molar-refractivity contribution is 9.10. The Labute approximate surface area is 161 Å². The molecule has 7 nitrogen and oxygen atoms in total. The SMILES string of the molecule is Cc1[nH][nH]c(=O)c1C(c1ccc(-c2ccc(Br)cc2)o1)c1c(C)[nH][nH]c1=O.